The second kappa shape index (κ2) is 2.58. The Bertz CT molecular complexity index is 133. The second-order valence-electron chi connectivity index (χ2n) is 1.20. The number of nitrogens with one attached hydrogen (secondary N) is 1. The van der Waals surface area contributed by atoms with Crippen molar-refractivity contribution in [2.45, 2.75) is 13.0 Å². The van der Waals surface area contributed by atoms with Crippen molar-refractivity contribution in [3.05, 3.63) is 0 Å². The molecule has 3 nitrogen and oxygen atoms in total. The van der Waals surface area contributed by atoms with Crippen molar-refractivity contribution >= 4 is 5.97 Å². The van der Waals surface area contributed by atoms with Gasteiger partial charge < -0.3 is 10.4 Å². The SMILES string of the molecule is [2H][13C]([2H])([2H])N[C@@H](C)C(=O)O. The summed E-state index contributed by atoms with van der Waals surface area (Å²) in [5.74, 6) is -1.17. The quantitative estimate of drug-likeness (QED) is 0.475. The fourth-order valence-corrected chi connectivity index (χ4v) is 0.0617. The van der Waals surface area contributed by atoms with Crippen LogP contribution in [0.15, 0.2) is 0 Å². The van der Waals surface area contributed by atoms with Gasteiger partial charge in [0.1, 0.15) is 6.04 Å². The Balaban J connectivity index is 3.80. The van der Waals surface area contributed by atoms with Crippen molar-refractivity contribution < 1.29 is 14.0 Å². The van der Waals surface area contributed by atoms with E-state index in [1.54, 1.807) is 0 Å². The van der Waals surface area contributed by atoms with Gasteiger partial charge >= 0.3 is 5.97 Å². The van der Waals surface area contributed by atoms with Crippen LogP contribution in [0.4, 0.5) is 0 Å². The lowest BCUT2D eigenvalue weighted by atomic mass is 10.4. The Kier molecular flexibility index (Phi) is 0.982. The molecule has 0 radical (unpaired) electrons. The molecule has 0 aromatic rings. The summed E-state index contributed by atoms with van der Waals surface area (Å²) in [6.07, 6.45) is 0. The molecule has 0 aliphatic rings. The molecular weight excluding hydrogens is 95.0 g/mol. The number of carboxylic acids is 1. The maximum Gasteiger partial charge on any atom is 0.320 e. The van der Waals surface area contributed by atoms with Crippen LogP contribution in [0.1, 0.15) is 11.0 Å². The fourth-order valence-electron chi connectivity index (χ4n) is 0.0617. The number of carboxylic acid groups (broad SMARTS) is 1. The lowest BCUT2D eigenvalue weighted by Gasteiger charge is -1.99. The molecule has 0 unspecified atom stereocenters. The largest absolute Gasteiger partial charge is 0.480 e. The van der Waals surface area contributed by atoms with E-state index in [4.69, 9.17) is 9.22 Å². The van der Waals surface area contributed by atoms with E-state index < -0.39 is 19.0 Å². The number of hydrogen-bond acceptors (Lipinski definition) is 2. The molecule has 7 heavy (non-hydrogen) atoms. The molecule has 0 spiro atoms. The zero-order valence-corrected chi connectivity index (χ0v) is 3.93. The van der Waals surface area contributed by atoms with Gasteiger partial charge in [-0.2, -0.15) is 0 Å². The predicted molar refractivity (Wildman–Crippen MR) is 26.2 cm³/mol. The van der Waals surface area contributed by atoms with Crippen molar-refractivity contribution in [1.82, 2.24) is 5.32 Å². The van der Waals surface area contributed by atoms with Crippen LogP contribution in [0.2, 0.25) is 0 Å². The van der Waals surface area contributed by atoms with E-state index in [9.17, 15) is 4.79 Å². The van der Waals surface area contributed by atoms with Gasteiger partial charge in [-0.25, -0.2) is 0 Å². The van der Waals surface area contributed by atoms with Gasteiger partial charge in [0.2, 0.25) is 0 Å². The first-order valence-electron chi connectivity index (χ1n) is 3.33. The monoisotopic (exact) mass is 107 g/mol. The van der Waals surface area contributed by atoms with E-state index >= 15 is 0 Å². The lowest BCUT2D eigenvalue weighted by molar-refractivity contribution is -0.138. The maximum absolute atomic E-state index is 10.1. The predicted octanol–water partition coefficient (Wildman–Crippen LogP) is -0.321. The van der Waals surface area contributed by atoms with Gasteiger partial charge in [0, 0.05) is 4.11 Å². The normalized spacial score (nSPS) is 21.6. The first kappa shape index (κ1) is 2.67. The minimum atomic E-state index is -2.38. The number of likely N-dealkylation sites (N-methyl/N-ethyl adjacent to an activating group) is 1. The number of carbonyl (C=O) groups is 1. The zero-order chi connectivity index (χ0) is 8.36. The molecule has 0 saturated carbocycles. The summed E-state index contributed by atoms with van der Waals surface area (Å²) in [5, 5.41) is 10.2. The summed E-state index contributed by atoms with van der Waals surface area (Å²) < 4.78 is 19.8. The summed E-state index contributed by atoms with van der Waals surface area (Å²) >= 11 is 0. The van der Waals surface area contributed by atoms with Gasteiger partial charge in [0.25, 0.3) is 0 Å². The molecule has 0 saturated heterocycles. The summed E-state index contributed by atoms with van der Waals surface area (Å²) in [5.41, 5.74) is 0. The van der Waals surface area contributed by atoms with E-state index in [2.05, 4.69) is 0 Å². The molecule has 2 N–H and O–H groups in total. The molecular formula is C4H9NO2. The Morgan fingerprint density at radius 2 is 2.71 bits per heavy atom. The van der Waals surface area contributed by atoms with Gasteiger partial charge in [-0.1, -0.05) is 0 Å². The Morgan fingerprint density at radius 1 is 2.14 bits per heavy atom. The summed E-state index contributed by atoms with van der Waals surface area (Å²) in [4.78, 5) is 10.1. The van der Waals surface area contributed by atoms with Crippen LogP contribution in [-0.2, 0) is 4.79 Å². The molecule has 0 aromatic carbocycles. The average molecular weight is 107 g/mol. The molecule has 0 fully saturated rings. The molecule has 0 aliphatic heterocycles. The highest BCUT2D eigenvalue weighted by molar-refractivity contribution is 5.72. The lowest BCUT2D eigenvalue weighted by Crippen LogP contribution is -2.29. The summed E-state index contributed by atoms with van der Waals surface area (Å²) in [6, 6.07) is -1.03. The minimum absolute atomic E-state index is 1.03. The van der Waals surface area contributed by atoms with E-state index in [1.165, 1.54) is 6.92 Å². The van der Waals surface area contributed by atoms with Crippen molar-refractivity contribution in [1.29, 1.82) is 0 Å². The molecule has 0 heterocycles. The van der Waals surface area contributed by atoms with Crippen molar-refractivity contribution in [2.24, 2.45) is 0 Å². The van der Waals surface area contributed by atoms with E-state index in [1.807, 2.05) is 5.32 Å². The van der Waals surface area contributed by atoms with E-state index in [0.29, 0.717) is 0 Å². The highest BCUT2D eigenvalue weighted by Gasteiger charge is 2.04. The van der Waals surface area contributed by atoms with Crippen LogP contribution in [-0.4, -0.2) is 24.1 Å². The van der Waals surface area contributed by atoms with Crippen molar-refractivity contribution in [2.75, 3.05) is 6.98 Å². The Morgan fingerprint density at radius 3 is 2.86 bits per heavy atom. The van der Waals surface area contributed by atoms with Gasteiger partial charge in [-0.15, -0.1) is 0 Å². The van der Waals surface area contributed by atoms with E-state index in [-0.39, 0.29) is 0 Å². The highest BCUT2D eigenvalue weighted by Crippen LogP contribution is 1.74. The van der Waals surface area contributed by atoms with Crippen LogP contribution < -0.4 is 5.32 Å². The Hall–Kier alpha value is -0.570. The van der Waals surface area contributed by atoms with Gasteiger partial charge in [-0.3, -0.25) is 4.79 Å². The van der Waals surface area contributed by atoms with Crippen molar-refractivity contribution in [3.8, 4) is 0 Å². The van der Waals surface area contributed by atoms with Crippen LogP contribution in [0.25, 0.3) is 0 Å². The van der Waals surface area contributed by atoms with Crippen molar-refractivity contribution in [3.63, 3.8) is 0 Å². The van der Waals surface area contributed by atoms with Crippen LogP contribution >= 0.6 is 0 Å². The summed E-state index contributed by atoms with van der Waals surface area (Å²) in [7, 11) is 0. The highest BCUT2D eigenvalue weighted by atomic mass is 16.4. The molecule has 0 aromatic heterocycles. The molecule has 42 valence electrons. The van der Waals surface area contributed by atoms with Gasteiger partial charge in [0.05, 0.1) is 0 Å². The molecule has 0 rings (SSSR count). The third-order valence-corrected chi connectivity index (χ3v) is 0.587. The molecule has 0 amide bonds. The smallest absolute Gasteiger partial charge is 0.320 e. The molecule has 0 aliphatic carbocycles. The summed E-state index contributed by atoms with van der Waals surface area (Å²) in [6.45, 7) is -1.10. The van der Waals surface area contributed by atoms with Crippen LogP contribution in [0, 0.1) is 0 Å². The second-order valence-corrected chi connectivity index (χ2v) is 1.20. The van der Waals surface area contributed by atoms with E-state index in [0.717, 1.165) is 0 Å². The maximum atomic E-state index is 10.1. The first-order valence-corrected chi connectivity index (χ1v) is 1.83. The molecule has 3 heteroatoms. The average Bonchev–Trinajstić information content (AvgIpc) is 1.60. The zero-order valence-electron chi connectivity index (χ0n) is 6.93. The van der Waals surface area contributed by atoms with Crippen LogP contribution in [0.3, 0.4) is 0 Å². The standard InChI is InChI=1S/C4H9NO2/c1-3(5-2)4(6)7/h3,5H,1-2H3,(H,6,7)/t3-/m0/s1/i2+1D3. The topological polar surface area (TPSA) is 49.3 Å². The van der Waals surface area contributed by atoms with Gasteiger partial charge in [-0.05, 0) is 13.9 Å². The number of rotatable bonds is 2. The molecule has 1 atom stereocenters. The third kappa shape index (κ3) is 2.17. The third-order valence-electron chi connectivity index (χ3n) is 0.587. The minimum Gasteiger partial charge on any atom is -0.480 e. The number of aliphatic carboxylic acids is 1. The fraction of sp³-hybridized carbons (Fsp3) is 0.750. The number of hydrogen-bond donors (Lipinski definition) is 2. The first-order chi connectivity index (χ1) is 4.33. The van der Waals surface area contributed by atoms with Crippen LogP contribution in [0.5, 0.6) is 0 Å². The van der Waals surface area contributed by atoms with Gasteiger partial charge in [0.15, 0.2) is 0 Å². The molecule has 0 bridgehead atoms. The Labute approximate surface area is 46.6 Å².